The first-order chi connectivity index (χ1) is 9.38. The van der Waals surface area contributed by atoms with Crippen molar-refractivity contribution in [1.29, 1.82) is 0 Å². The van der Waals surface area contributed by atoms with E-state index < -0.39 is 0 Å². The summed E-state index contributed by atoms with van der Waals surface area (Å²) in [5, 5.41) is 0. The van der Waals surface area contributed by atoms with Crippen LogP contribution in [-0.2, 0) is 12.8 Å². The van der Waals surface area contributed by atoms with Crippen LogP contribution in [-0.4, -0.2) is 6.04 Å². The molecule has 0 aliphatic heterocycles. The van der Waals surface area contributed by atoms with Crippen molar-refractivity contribution in [2.24, 2.45) is 17.7 Å². The third kappa shape index (κ3) is 2.85. The molecule has 0 heterocycles. The number of nitrogens with two attached hydrogens (primary N) is 1. The normalized spacial score (nSPS) is 23.0. The molecule has 1 unspecified atom stereocenters. The molecule has 2 nitrogen and oxygen atoms in total. The average molecular weight is 258 g/mol. The number of hydrazine groups is 1. The van der Waals surface area contributed by atoms with Crippen LogP contribution >= 0.6 is 0 Å². The van der Waals surface area contributed by atoms with E-state index >= 15 is 0 Å². The fraction of sp³-hybridized carbons (Fsp3) is 0.647. The Morgan fingerprint density at radius 2 is 1.47 bits per heavy atom. The van der Waals surface area contributed by atoms with Gasteiger partial charge in [0.1, 0.15) is 0 Å². The van der Waals surface area contributed by atoms with E-state index in [-0.39, 0.29) is 0 Å². The second kappa shape index (κ2) is 6.06. The lowest BCUT2D eigenvalue weighted by molar-refractivity contribution is 0.242. The Morgan fingerprint density at radius 3 is 2.00 bits per heavy atom. The highest BCUT2D eigenvalue weighted by Crippen LogP contribution is 2.35. The van der Waals surface area contributed by atoms with Gasteiger partial charge in [-0.1, -0.05) is 49.9 Å². The van der Waals surface area contributed by atoms with Crippen molar-refractivity contribution in [2.45, 2.75) is 57.4 Å². The van der Waals surface area contributed by atoms with Crippen LogP contribution in [0.1, 0.15) is 49.7 Å². The summed E-state index contributed by atoms with van der Waals surface area (Å²) in [5.74, 6) is 7.40. The van der Waals surface area contributed by atoms with Gasteiger partial charge in [0.25, 0.3) is 0 Å². The first kappa shape index (κ1) is 13.1. The number of nitrogens with one attached hydrogen (secondary N) is 1. The van der Waals surface area contributed by atoms with E-state index in [1.807, 2.05) is 0 Å². The molecule has 104 valence electrons. The first-order valence-electron chi connectivity index (χ1n) is 7.91. The van der Waals surface area contributed by atoms with Gasteiger partial charge in [0.05, 0.1) is 0 Å². The lowest BCUT2D eigenvalue weighted by atomic mass is 9.82. The summed E-state index contributed by atoms with van der Waals surface area (Å²) in [7, 11) is 0. The highest BCUT2D eigenvalue weighted by Gasteiger charge is 2.33. The molecule has 1 atom stereocenters. The third-order valence-corrected chi connectivity index (χ3v) is 5.19. The van der Waals surface area contributed by atoms with Gasteiger partial charge in [-0.05, 0) is 48.6 Å². The Bertz CT molecular complexity index is 382. The lowest BCUT2D eigenvalue weighted by Crippen LogP contribution is -2.46. The molecular weight excluding hydrogens is 232 g/mol. The largest absolute Gasteiger partial charge is 0.271 e. The molecule has 2 heteroatoms. The maximum absolute atomic E-state index is 5.92. The molecule has 0 radical (unpaired) electrons. The maximum atomic E-state index is 5.92. The molecule has 1 fully saturated rings. The highest BCUT2D eigenvalue weighted by molar-refractivity contribution is 5.32. The summed E-state index contributed by atoms with van der Waals surface area (Å²) in [4.78, 5) is 0. The van der Waals surface area contributed by atoms with Crippen LogP contribution in [0.3, 0.4) is 0 Å². The molecule has 3 N–H and O–H groups in total. The van der Waals surface area contributed by atoms with Crippen LogP contribution < -0.4 is 11.3 Å². The summed E-state index contributed by atoms with van der Waals surface area (Å²) < 4.78 is 0. The summed E-state index contributed by atoms with van der Waals surface area (Å²) >= 11 is 0. The van der Waals surface area contributed by atoms with Crippen LogP contribution in [0, 0.1) is 11.8 Å². The standard InChI is InChI=1S/C17H26N2/c18-19-17(13-7-3-1-2-4-8-13)16-11-14-9-5-6-10-15(14)12-16/h5-6,9-10,13,16-17,19H,1-4,7-8,11-12,18H2. The maximum Gasteiger partial charge on any atom is 0.0273 e. The third-order valence-electron chi connectivity index (χ3n) is 5.19. The Balaban J connectivity index is 1.70. The molecule has 19 heavy (non-hydrogen) atoms. The molecule has 3 rings (SSSR count). The summed E-state index contributed by atoms with van der Waals surface area (Å²) in [5.41, 5.74) is 6.26. The van der Waals surface area contributed by atoms with Crippen molar-refractivity contribution in [1.82, 2.24) is 5.43 Å². The Labute approximate surface area is 116 Å². The predicted molar refractivity (Wildman–Crippen MR) is 79.6 cm³/mol. The van der Waals surface area contributed by atoms with E-state index in [2.05, 4.69) is 29.7 Å². The SMILES string of the molecule is NNC(C1CCCCCC1)C1Cc2ccccc2C1. The monoisotopic (exact) mass is 258 g/mol. The van der Waals surface area contributed by atoms with Crippen molar-refractivity contribution in [3.63, 3.8) is 0 Å². The zero-order valence-corrected chi connectivity index (χ0v) is 11.8. The van der Waals surface area contributed by atoms with Crippen LogP contribution in [0.15, 0.2) is 24.3 Å². The predicted octanol–water partition coefficient (Wildman–Crippen LogP) is 3.20. The van der Waals surface area contributed by atoms with Crippen LogP contribution in [0.25, 0.3) is 0 Å². The zero-order valence-electron chi connectivity index (χ0n) is 11.8. The topological polar surface area (TPSA) is 38.0 Å². The average Bonchev–Trinajstić information content (AvgIpc) is 2.67. The van der Waals surface area contributed by atoms with E-state index in [0.717, 1.165) is 5.92 Å². The van der Waals surface area contributed by atoms with Crippen molar-refractivity contribution in [2.75, 3.05) is 0 Å². The smallest absolute Gasteiger partial charge is 0.0273 e. The molecule has 2 aliphatic rings. The molecule has 2 aliphatic carbocycles. The van der Waals surface area contributed by atoms with Gasteiger partial charge in [0.15, 0.2) is 0 Å². The van der Waals surface area contributed by atoms with Gasteiger partial charge in [-0.25, -0.2) is 0 Å². The number of hydrogen-bond donors (Lipinski definition) is 2. The molecule has 0 saturated heterocycles. The van der Waals surface area contributed by atoms with Crippen LogP contribution in [0.5, 0.6) is 0 Å². The van der Waals surface area contributed by atoms with Crippen molar-refractivity contribution in [3.05, 3.63) is 35.4 Å². The molecule has 0 amide bonds. The second-order valence-corrected chi connectivity index (χ2v) is 6.38. The molecule has 0 aromatic heterocycles. The second-order valence-electron chi connectivity index (χ2n) is 6.38. The quantitative estimate of drug-likeness (QED) is 0.496. The molecular formula is C17H26N2. The van der Waals surface area contributed by atoms with Gasteiger partial charge >= 0.3 is 0 Å². The van der Waals surface area contributed by atoms with Gasteiger partial charge in [-0.3, -0.25) is 11.3 Å². The van der Waals surface area contributed by atoms with E-state index in [0.29, 0.717) is 12.0 Å². The molecule has 1 aromatic carbocycles. The fourth-order valence-corrected chi connectivity index (χ4v) is 4.17. The van der Waals surface area contributed by atoms with Crippen molar-refractivity contribution in [3.8, 4) is 0 Å². The number of hydrogen-bond acceptors (Lipinski definition) is 2. The van der Waals surface area contributed by atoms with E-state index in [1.54, 1.807) is 11.1 Å². The molecule has 0 bridgehead atoms. The highest BCUT2D eigenvalue weighted by atomic mass is 15.2. The Morgan fingerprint density at radius 1 is 0.895 bits per heavy atom. The summed E-state index contributed by atoms with van der Waals surface area (Å²) in [6, 6.07) is 9.41. The van der Waals surface area contributed by atoms with E-state index in [4.69, 9.17) is 5.84 Å². The number of benzene rings is 1. The molecule has 1 aromatic rings. The van der Waals surface area contributed by atoms with Gasteiger partial charge in [0.2, 0.25) is 0 Å². The Hall–Kier alpha value is -0.860. The Kier molecular flexibility index (Phi) is 4.19. The van der Waals surface area contributed by atoms with Crippen LogP contribution in [0.2, 0.25) is 0 Å². The van der Waals surface area contributed by atoms with Gasteiger partial charge in [-0.2, -0.15) is 0 Å². The van der Waals surface area contributed by atoms with E-state index in [9.17, 15) is 0 Å². The summed E-state index contributed by atoms with van der Waals surface area (Å²) in [6.45, 7) is 0. The summed E-state index contributed by atoms with van der Waals surface area (Å²) in [6.07, 6.45) is 10.8. The lowest BCUT2D eigenvalue weighted by Gasteiger charge is -2.30. The number of fused-ring (bicyclic) bond motifs is 1. The van der Waals surface area contributed by atoms with Crippen molar-refractivity contribution < 1.29 is 0 Å². The van der Waals surface area contributed by atoms with Gasteiger partial charge in [-0.15, -0.1) is 0 Å². The van der Waals surface area contributed by atoms with Gasteiger partial charge < -0.3 is 0 Å². The van der Waals surface area contributed by atoms with Gasteiger partial charge in [0, 0.05) is 6.04 Å². The minimum absolute atomic E-state index is 0.505. The zero-order chi connectivity index (χ0) is 13.1. The number of rotatable bonds is 3. The van der Waals surface area contributed by atoms with E-state index in [1.165, 1.54) is 51.4 Å². The fourth-order valence-electron chi connectivity index (χ4n) is 4.17. The minimum Gasteiger partial charge on any atom is -0.271 e. The molecule has 1 saturated carbocycles. The molecule has 0 spiro atoms. The van der Waals surface area contributed by atoms with Crippen LogP contribution in [0.4, 0.5) is 0 Å². The minimum atomic E-state index is 0.505. The van der Waals surface area contributed by atoms with Crippen molar-refractivity contribution >= 4 is 0 Å². The first-order valence-corrected chi connectivity index (χ1v) is 7.91.